The maximum Gasteiger partial charge on any atom is 0.115 e. The fourth-order valence-electron chi connectivity index (χ4n) is 3.09. The highest BCUT2D eigenvalue weighted by molar-refractivity contribution is 5.42. The Balaban J connectivity index is 2.12. The molecule has 1 aromatic carbocycles. The van der Waals surface area contributed by atoms with Crippen molar-refractivity contribution in [1.29, 1.82) is 0 Å². The van der Waals surface area contributed by atoms with Crippen LogP contribution in [0.3, 0.4) is 0 Å². The van der Waals surface area contributed by atoms with Gasteiger partial charge in [-0.05, 0) is 35.6 Å². The largest absolute Gasteiger partial charge is 0.380 e. The maximum atomic E-state index is 11.1. The minimum atomic E-state index is -1.00. The van der Waals surface area contributed by atoms with Gasteiger partial charge in [0.15, 0.2) is 0 Å². The van der Waals surface area contributed by atoms with Crippen molar-refractivity contribution in [3.63, 3.8) is 0 Å². The molecule has 0 saturated carbocycles. The van der Waals surface area contributed by atoms with E-state index in [2.05, 4.69) is 17.6 Å². The lowest BCUT2D eigenvalue weighted by Gasteiger charge is -2.39. The zero-order chi connectivity index (χ0) is 13.3. The molecule has 1 aromatic heterocycles. The van der Waals surface area contributed by atoms with Crippen molar-refractivity contribution >= 4 is 0 Å². The summed E-state index contributed by atoms with van der Waals surface area (Å²) >= 11 is 0. The van der Waals surface area contributed by atoms with Crippen LogP contribution in [0.1, 0.15) is 29.0 Å². The second kappa shape index (κ2) is 4.63. The van der Waals surface area contributed by atoms with Gasteiger partial charge >= 0.3 is 0 Å². The topological polar surface area (TPSA) is 33.1 Å². The predicted octanol–water partition coefficient (Wildman–Crippen LogP) is 3.19. The van der Waals surface area contributed by atoms with Crippen LogP contribution in [0.5, 0.6) is 0 Å². The van der Waals surface area contributed by atoms with Crippen LogP contribution in [0.15, 0.2) is 61.4 Å². The first kappa shape index (κ1) is 12.1. The molecule has 2 heteroatoms. The lowest BCUT2D eigenvalue weighted by atomic mass is 9.69. The lowest BCUT2D eigenvalue weighted by Crippen LogP contribution is -2.36. The van der Waals surface area contributed by atoms with Gasteiger partial charge in [0.05, 0.1) is 0 Å². The molecule has 2 atom stereocenters. The maximum absolute atomic E-state index is 11.1. The first-order chi connectivity index (χ1) is 9.25. The molecule has 0 fully saturated rings. The summed E-state index contributed by atoms with van der Waals surface area (Å²) in [6.45, 7) is 3.86. The molecule has 1 N–H and O–H groups in total. The van der Waals surface area contributed by atoms with E-state index in [0.29, 0.717) is 0 Å². The van der Waals surface area contributed by atoms with E-state index in [1.54, 1.807) is 12.3 Å². The van der Waals surface area contributed by atoms with Crippen LogP contribution in [0.25, 0.3) is 0 Å². The van der Waals surface area contributed by atoms with Crippen LogP contribution in [-0.2, 0) is 12.0 Å². The quantitative estimate of drug-likeness (QED) is 0.831. The third-order valence-electron chi connectivity index (χ3n) is 4.08. The average Bonchev–Trinajstić information content (AvgIpc) is 2.49. The Bertz CT molecular complexity index is 593. The average molecular weight is 251 g/mol. The number of benzene rings is 1. The summed E-state index contributed by atoms with van der Waals surface area (Å²) in [5.41, 5.74) is 2.26. The number of aromatic nitrogens is 1. The fourth-order valence-corrected chi connectivity index (χ4v) is 3.09. The number of aryl methyl sites for hydroxylation is 1. The summed E-state index contributed by atoms with van der Waals surface area (Å²) in [5.74, 6) is 0.0219. The van der Waals surface area contributed by atoms with E-state index < -0.39 is 5.60 Å². The molecule has 1 heterocycles. The first-order valence-electron chi connectivity index (χ1n) is 6.60. The summed E-state index contributed by atoms with van der Waals surface area (Å²) in [4.78, 5) is 4.17. The molecule has 2 nitrogen and oxygen atoms in total. The normalized spacial score (nSPS) is 25.6. The molecule has 0 amide bonds. The number of fused-ring (bicyclic) bond motifs is 1. The summed E-state index contributed by atoms with van der Waals surface area (Å²) in [6, 6.07) is 12.0. The van der Waals surface area contributed by atoms with E-state index in [-0.39, 0.29) is 5.92 Å². The van der Waals surface area contributed by atoms with Crippen molar-refractivity contribution in [1.82, 2.24) is 4.98 Å². The number of nitrogens with zero attached hydrogens (tertiary/aromatic N) is 1. The molecule has 96 valence electrons. The Morgan fingerprint density at radius 3 is 2.84 bits per heavy atom. The van der Waals surface area contributed by atoms with Gasteiger partial charge in [-0.15, -0.1) is 0 Å². The van der Waals surface area contributed by atoms with Crippen LogP contribution >= 0.6 is 0 Å². The second-order valence-corrected chi connectivity index (χ2v) is 5.06. The van der Waals surface area contributed by atoms with Crippen LogP contribution in [0.4, 0.5) is 0 Å². The molecule has 0 bridgehead atoms. The van der Waals surface area contributed by atoms with Crippen molar-refractivity contribution in [2.75, 3.05) is 0 Å². The van der Waals surface area contributed by atoms with Gasteiger partial charge in [-0.3, -0.25) is 4.98 Å². The fraction of sp³-hybridized carbons (Fsp3) is 0.235. The third-order valence-corrected chi connectivity index (χ3v) is 4.08. The Hall–Kier alpha value is -1.93. The number of hydrogen-bond acceptors (Lipinski definition) is 2. The van der Waals surface area contributed by atoms with Gasteiger partial charge in [-0.2, -0.15) is 0 Å². The highest BCUT2D eigenvalue weighted by atomic mass is 16.3. The predicted molar refractivity (Wildman–Crippen MR) is 75.8 cm³/mol. The molecule has 0 spiro atoms. The zero-order valence-corrected chi connectivity index (χ0v) is 10.8. The molecule has 19 heavy (non-hydrogen) atoms. The SMILES string of the molecule is C=C[C@]1(O)c2ccccc2CC[C@H]1c1cccnc1. The van der Waals surface area contributed by atoms with E-state index in [9.17, 15) is 5.11 Å². The highest BCUT2D eigenvalue weighted by Crippen LogP contribution is 2.45. The molecular formula is C17H17NO. The molecule has 3 rings (SSSR count). The van der Waals surface area contributed by atoms with E-state index in [0.717, 1.165) is 24.0 Å². The molecule has 0 saturated heterocycles. The second-order valence-electron chi connectivity index (χ2n) is 5.06. The van der Waals surface area contributed by atoms with Crippen molar-refractivity contribution in [2.24, 2.45) is 0 Å². The third kappa shape index (κ3) is 1.89. The molecule has 0 radical (unpaired) electrons. The minimum Gasteiger partial charge on any atom is -0.380 e. The monoisotopic (exact) mass is 251 g/mol. The molecule has 0 aliphatic heterocycles. The Morgan fingerprint density at radius 1 is 1.26 bits per heavy atom. The van der Waals surface area contributed by atoms with E-state index in [1.807, 2.05) is 36.5 Å². The van der Waals surface area contributed by atoms with Gasteiger partial charge < -0.3 is 5.11 Å². The molecule has 1 aliphatic carbocycles. The first-order valence-corrected chi connectivity index (χ1v) is 6.60. The van der Waals surface area contributed by atoms with Crippen LogP contribution < -0.4 is 0 Å². The lowest BCUT2D eigenvalue weighted by molar-refractivity contribution is 0.0467. The number of rotatable bonds is 2. The Morgan fingerprint density at radius 2 is 2.11 bits per heavy atom. The van der Waals surface area contributed by atoms with Gasteiger partial charge in [0.1, 0.15) is 5.60 Å². The highest BCUT2D eigenvalue weighted by Gasteiger charge is 2.40. The van der Waals surface area contributed by atoms with Gasteiger partial charge in [0.2, 0.25) is 0 Å². The summed E-state index contributed by atoms with van der Waals surface area (Å²) in [6.07, 6.45) is 7.15. The van der Waals surface area contributed by atoms with Crippen molar-refractivity contribution < 1.29 is 5.11 Å². The standard InChI is InChI=1S/C17H17NO/c1-2-17(19)15-8-4-3-6-13(15)9-10-16(17)14-7-5-11-18-12-14/h2-8,11-12,16,19H,1,9-10H2/t16-,17-/m0/s1. The molecule has 1 aliphatic rings. The van der Waals surface area contributed by atoms with Crippen LogP contribution in [-0.4, -0.2) is 10.1 Å². The summed E-state index contributed by atoms with van der Waals surface area (Å²) in [7, 11) is 0. The molecule has 2 aromatic rings. The number of aliphatic hydroxyl groups is 1. The van der Waals surface area contributed by atoms with E-state index in [4.69, 9.17) is 0 Å². The summed E-state index contributed by atoms with van der Waals surface area (Å²) < 4.78 is 0. The minimum absolute atomic E-state index is 0.0219. The smallest absolute Gasteiger partial charge is 0.115 e. The van der Waals surface area contributed by atoms with Crippen molar-refractivity contribution in [3.8, 4) is 0 Å². The Labute approximate surface area is 113 Å². The Kier molecular flexibility index (Phi) is 2.96. The van der Waals surface area contributed by atoms with E-state index >= 15 is 0 Å². The zero-order valence-electron chi connectivity index (χ0n) is 10.8. The van der Waals surface area contributed by atoms with Crippen LogP contribution in [0, 0.1) is 0 Å². The van der Waals surface area contributed by atoms with Crippen molar-refractivity contribution in [3.05, 3.63) is 78.1 Å². The molecular weight excluding hydrogens is 234 g/mol. The number of hydrogen-bond donors (Lipinski definition) is 1. The summed E-state index contributed by atoms with van der Waals surface area (Å²) in [5, 5.41) is 11.1. The van der Waals surface area contributed by atoms with Gasteiger partial charge in [-0.25, -0.2) is 0 Å². The molecule has 0 unspecified atom stereocenters. The van der Waals surface area contributed by atoms with Gasteiger partial charge in [0, 0.05) is 18.3 Å². The van der Waals surface area contributed by atoms with Crippen molar-refractivity contribution in [2.45, 2.75) is 24.4 Å². The van der Waals surface area contributed by atoms with Crippen LogP contribution in [0.2, 0.25) is 0 Å². The van der Waals surface area contributed by atoms with Gasteiger partial charge in [0.25, 0.3) is 0 Å². The van der Waals surface area contributed by atoms with E-state index in [1.165, 1.54) is 5.56 Å². The van der Waals surface area contributed by atoms with Gasteiger partial charge in [-0.1, -0.05) is 43.0 Å². The number of pyridine rings is 1.